The van der Waals surface area contributed by atoms with E-state index in [1.165, 1.54) is 6.92 Å². The number of aliphatic hydroxyl groups is 2. The van der Waals surface area contributed by atoms with Gasteiger partial charge in [0.1, 0.15) is 5.60 Å². The molecule has 0 saturated carbocycles. The summed E-state index contributed by atoms with van der Waals surface area (Å²) in [5.74, 6) is 0.117. The second-order valence-electron chi connectivity index (χ2n) is 3.64. The lowest BCUT2D eigenvalue weighted by molar-refractivity contribution is -0.114. The third kappa shape index (κ3) is 3.16. The van der Waals surface area contributed by atoms with Crippen LogP contribution >= 0.6 is 0 Å². The summed E-state index contributed by atoms with van der Waals surface area (Å²) in [4.78, 5) is 10.8. The van der Waals surface area contributed by atoms with Crippen LogP contribution in [0.1, 0.15) is 19.8 Å². The molecule has 0 spiro atoms. The maximum atomic E-state index is 10.8. The second-order valence-corrected chi connectivity index (χ2v) is 3.64. The lowest BCUT2D eigenvalue weighted by Gasteiger charge is -2.21. The molecule has 1 aliphatic carbocycles. The maximum Gasteiger partial charge on any atom is 0.157 e. The molecule has 0 fully saturated rings. The number of aliphatic hydroxyl groups excluding tert-OH is 1. The van der Waals surface area contributed by atoms with E-state index in [1.54, 1.807) is 6.08 Å². The normalized spacial score (nSPS) is 21.2. The van der Waals surface area contributed by atoms with Crippen LogP contribution in [0.15, 0.2) is 11.8 Å². The van der Waals surface area contributed by atoms with Crippen molar-refractivity contribution in [3.05, 3.63) is 11.8 Å². The summed E-state index contributed by atoms with van der Waals surface area (Å²) in [6, 6.07) is 0. The number of rotatable bonds is 4. The monoisotopic (exact) mass is 185 g/mol. The molecule has 0 aromatic carbocycles. The van der Waals surface area contributed by atoms with Crippen molar-refractivity contribution in [1.29, 1.82) is 0 Å². The van der Waals surface area contributed by atoms with Gasteiger partial charge < -0.3 is 15.5 Å². The van der Waals surface area contributed by atoms with E-state index in [0.717, 1.165) is 5.70 Å². The van der Waals surface area contributed by atoms with Gasteiger partial charge in [-0.15, -0.1) is 0 Å². The molecular weight excluding hydrogens is 170 g/mol. The molecule has 1 atom stereocenters. The summed E-state index contributed by atoms with van der Waals surface area (Å²) in [7, 11) is 0. The van der Waals surface area contributed by atoms with E-state index in [2.05, 4.69) is 5.32 Å². The minimum Gasteiger partial charge on any atom is -0.393 e. The summed E-state index contributed by atoms with van der Waals surface area (Å²) in [6.45, 7) is 1.52. The SMILES string of the molecule is CC(O)(CO)CNC1=CC(=O)CC1. The van der Waals surface area contributed by atoms with Gasteiger partial charge in [0.2, 0.25) is 0 Å². The minimum absolute atomic E-state index is 0.117. The molecule has 3 N–H and O–H groups in total. The number of allylic oxidation sites excluding steroid dienone is 2. The predicted molar refractivity (Wildman–Crippen MR) is 48.0 cm³/mol. The average molecular weight is 185 g/mol. The zero-order chi connectivity index (χ0) is 9.90. The van der Waals surface area contributed by atoms with Gasteiger partial charge in [-0.25, -0.2) is 0 Å². The van der Waals surface area contributed by atoms with E-state index < -0.39 is 5.60 Å². The Hall–Kier alpha value is -0.870. The third-order valence-corrected chi connectivity index (χ3v) is 2.01. The van der Waals surface area contributed by atoms with E-state index in [0.29, 0.717) is 12.8 Å². The van der Waals surface area contributed by atoms with Crippen LogP contribution in [0.5, 0.6) is 0 Å². The summed E-state index contributed by atoms with van der Waals surface area (Å²) in [5.41, 5.74) is -0.273. The molecule has 0 aromatic heterocycles. The third-order valence-electron chi connectivity index (χ3n) is 2.01. The number of hydrogen-bond acceptors (Lipinski definition) is 4. The van der Waals surface area contributed by atoms with Crippen LogP contribution in [-0.2, 0) is 4.79 Å². The van der Waals surface area contributed by atoms with E-state index in [9.17, 15) is 9.90 Å². The Kier molecular flexibility index (Phi) is 3.06. The van der Waals surface area contributed by atoms with Crippen molar-refractivity contribution in [2.75, 3.05) is 13.2 Å². The fourth-order valence-electron chi connectivity index (χ4n) is 1.10. The van der Waals surface area contributed by atoms with Crippen LogP contribution in [0.25, 0.3) is 0 Å². The molecule has 0 amide bonds. The molecule has 0 aliphatic heterocycles. The van der Waals surface area contributed by atoms with Crippen LogP contribution in [0, 0.1) is 0 Å². The molecule has 74 valence electrons. The molecular formula is C9H15NO3. The van der Waals surface area contributed by atoms with E-state index in [-0.39, 0.29) is 18.9 Å². The van der Waals surface area contributed by atoms with E-state index in [1.807, 2.05) is 0 Å². The highest BCUT2D eigenvalue weighted by Gasteiger charge is 2.20. The first kappa shape index (κ1) is 10.2. The van der Waals surface area contributed by atoms with Gasteiger partial charge in [0.25, 0.3) is 0 Å². The van der Waals surface area contributed by atoms with Crippen molar-refractivity contribution >= 4 is 5.78 Å². The van der Waals surface area contributed by atoms with Gasteiger partial charge in [-0.2, -0.15) is 0 Å². The lowest BCUT2D eigenvalue weighted by atomic mass is 10.1. The highest BCUT2D eigenvalue weighted by atomic mass is 16.3. The highest BCUT2D eigenvalue weighted by molar-refractivity contribution is 5.92. The second kappa shape index (κ2) is 3.89. The Morgan fingerprint density at radius 2 is 2.31 bits per heavy atom. The molecule has 1 rings (SSSR count). The Morgan fingerprint density at radius 3 is 2.77 bits per heavy atom. The fourth-order valence-corrected chi connectivity index (χ4v) is 1.10. The number of carbonyl (C=O) groups is 1. The maximum absolute atomic E-state index is 10.8. The summed E-state index contributed by atoms with van der Waals surface area (Å²) in [5, 5.41) is 21.1. The molecule has 0 bridgehead atoms. The van der Waals surface area contributed by atoms with Gasteiger partial charge in [-0.1, -0.05) is 0 Å². The smallest absolute Gasteiger partial charge is 0.157 e. The Morgan fingerprint density at radius 1 is 1.62 bits per heavy atom. The van der Waals surface area contributed by atoms with Crippen molar-refractivity contribution in [1.82, 2.24) is 5.32 Å². The number of nitrogens with one attached hydrogen (secondary N) is 1. The topological polar surface area (TPSA) is 69.6 Å². The quantitative estimate of drug-likeness (QED) is 0.555. The molecule has 0 heterocycles. The summed E-state index contributed by atoms with van der Waals surface area (Å²) < 4.78 is 0. The van der Waals surface area contributed by atoms with Gasteiger partial charge in [0, 0.05) is 24.7 Å². The number of hydrogen-bond donors (Lipinski definition) is 3. The molecule has 1 unspecified atom stereocenters. The van der Waals surface area contributed by atoms with Crippen LogP contribution in [0.4, 0.5) is 0 Å². The Labute approximate surface area is 77.3 Å². The van der Waals surface area contributed by atoms with Crippen molar-refractivity contribution < 1.29 is 15.0 Å². The molecule has 13 heavy (non-hydrogen) atoms. The standard InChI is InChI=1S/C9H15NO3/c1-9(13,6-11)5-10-7-2-3-8(12)4-7/h4,10-11,13H,2-3,5-6H2,1H3. The van der Waals surface area contributed by atoms with E-state index >= 15 is 0 Å². The molecule has 0 saturated heterocycles. The van der Waals surface area contributed by atoms with Crippen LogP contribution in [-0.4, -0.2) is 34.7 Å². The van der Waals surface area contributed by atoms with Crippen LogP contribution in [0.3, 0.4) is 0 Å². The van der Waals surface area contributed by atoms with Crippen molar-refractivity contribution in [3.8, 4) is 0 Å². The van der Waals surface area contributed by atoms with Gasteiger partial charge in [-0.05, 0) is 13.3 Å². The van der Waals surface area contributed by atoms with Gasteiger partial charge in [0.15, 0.2) is 5.78 Å². The van der Waals surface area contributed by atoms with Gasteiger partial charge in [-0.3, -0.25) is 4.79 Å². The molecule has 0 radical (unpaired) electrons. The van der Waals surface area contributed by atoms with Gasteiger partial charge >= 0.3 is 0 Å². The molecule has 4 heteroatoms. The van der Waals surface area contributed by atoms with Gasteiger partial charge in [0.05, 0.1) is 6.61 Å². The van der Waals surface area contributed by atoms with Crippen LogP contribution < -0.4 is 5.32 Å². The van der Waals surface area contributed by atoms with Crippen molar-refractivity contribution in [2.24, 2.45) is 0 Å². The van der Waals surface area contributed by atoms with Crippen molar-refractivity contribution in [2.45, 2.75) is 25.4 Å². The zero-order valence-electron chi connectivity index (χ0n) is 7.71. The molecule has 1 aliphatic rings. The minimum atomic E-state index is -1.12. The lowest BCUT2D eigenvalue weighted by Crippen LogP contribution is -2.40. The first-order chi connectivity index (χ1) is 6.03. The zero-order valence-corrected chi connectivity index (χ0v) is 7.71. The number of ketones is 1. The Bertz CT molecular complexity index is 233. The largest absolute Gasteiger partial charge is 0.393 e. The summed E-state index contributed by atoms with van der Waals surface area (Å²) in [6.07, 6.45) is 2.80. The predicted octanol–water partition coefficient (Wildman–Crippen LogP) is -0.434. The first-order valence-electron chi connectivity index (χ1n) is 4.34. The average Bonchev–Trinajstić information content (AvgIpc) is 2.48. The summed E-state index contributed by atoms with van der Waals surface area (Å²) >= 11 is 0. The van der Waals surface area contributed by atoms with Crippen LogP contribution in [0.2, 0.25) is 0 Å². The van der Waals surface area contributed by atoms with E-state index in [4.69, 9.17) is 5.11 Å². The Balaban J connectivity index is 2.35. The highest BCUT2D eigenvalue weighted by Crippen LogP contribution is 2.12. The van der Waals surface area contributed by atoms with Crippen molar-refractivity contribution in [3.63, 3.8) is 0 Å². The fraction of sp³-hybridized carbons (Fsp3) is 0.667. The number of carbonyl (C=O) groups excluding carboxylic acids is 1. The molecule has 4 nitrogen and oxygen atoms in total. The molecule has 0 aromatic rings. The first-order valence-corrected chi connectivity index (χ1v) is 4.34.